The second-order valence-electron chi connectivity index (χ2n) is 5.73. The molecule has 1 aliphatic heterocycles. The Morgan fingerprint density at radius 1 is 1.20 bits per heavy atom. The number of amides is 1. The number of rotatable bonds is 7. The molecule has 3 nitrogen and oxygen atoms in total. The molecular weight excluding hydrogens is 250 g/mol. The number of aliphatic hydroxyl groups excluding tert-OH is 1. The van der Waals surface area contributed by atoms with E-state index in [0.29, 0.717) is 13.0 Å². The fraction of sp³-hybridized carbons (Fsp3) is 0.588. The number of carbonyl (C=O) groups excluding carboxylic acids is 1. The van der Waals surface area contributed by atoms with Crippen LogP contribution in [0, 0.1) is 5.92 Å². The van der Waals surface area contributed by atoms with Crippen LogP contribution in [0.3, 0.4) is 0 Å². The Labute approximate surface area is 121 Å². The van der Waals surface area contributed by atoms with Crippen LogP contribution in [0.2, 0.25) is 0 Å². The third-order valence-electron chi connectivity index (χ3n) is 4.03. The number of carbonyl (C=O) groups is 1. The molecule has 1 atom stereocenters. The number of aliphatic hydroxyl groups is 1. The van der Waals surface area contributed by atoms with Crippen LogP contribution < -0.4 is 4.90 Å². The summed E-state index contributed by atoms with van der Waals surface area (Å²) in [4.78, 5) is 13.7. The highest BCUT2D eigenvalue weighted by atomic mass is 16.3. The molecule has 0 radical (unpaired) electrons. The first-order valence-corrected chi connectivity index (χ1v) is 7.74. The highest BCUT2D eigenvalue weighted by molar-refractivity contribution is 5.95. The van der Waals surface area contributed by atoms with Gasteiger partial charge < -0.3 is 10.0 Å². The van der Waals surface area contributed by atoms with Crippen LogP contribution in [0.15, 0.2) is 24.3 Å². The Morgan fingerprint density at radius 2 is 1.95 bits per heavy atom. The van der Waals surface area contributed by atoms with E-state index in [-0.39, 0.29) is 18.4 Å². The molecule has 1 heterocycles. The lowest BCUT2D eigenvalue weighted by Gasteiger charge is -2.16. The maximum Gasteiger partial charge on any atom is 0.227 e. The van der Waals surface area contributed by atoms with E-state index in [1.807, 2.05) is 12.1 Å². The summed E-state index contributed by atoms with van der Waals surface area (Å²) in [6.07, 6.45) is 6.69. The van der Waals surface area contributed by atoms with E-state index in [0.717, 1.165) is 12.1 Å². The molecule has 0 aliphatic carbocycles. The number of benzene rings is 1. The predicted molar refractivity (Wildman–Crippen MR) is 81.8 cm³/mol. The standard InChI is InChI=1S/C17H25NO2/c1-2-3-4-5-6-14-7-9-16(10-8-14)18-12-15(13-19)11-17(18)20/h7-10,15,19H,2-6,11-13H2,1H3. The van der Waals surface area contributed by atoms with E-state index >= 15 is 0 Å². The van der Waals surface area contributed by atoms with Crippen molar-refractivity contribution >= 4 is 11.6 Å². The molecule has 0 bridgehead atoms. The summed E-state index contributed by atoms with van der Waals surface area (Å²) >= 11 is 0. The summed E-state index contributed by atoms with van der Waals surface area (Å²) < 4.78 is 0. The predicted octanol–water partition coefficient (Wildman–Crippen LogP) is 3.15. The molecule has 0 saturated carbocycles. The SMILES string of the molecule is CCCCCCc1ccc(N2CC(CO)CC2=O)cc1. The highest BCUT2D eigenvalue weighted by Gasteiger charge is 2.29. The Morgan fingerprint density at radius 3 is 2.55 bits per heavy atom. The van der Waals surface area contributed by atoms with Crippen molar-refractivity contribution in [2.24, 2.45) is 5.92 Å². The summed E-state index contributed by atoms with van der Waals surface area (Å²) in [5, 5.41) is 9.15. The van der Waals surface area contributed by atoms with Crippen LogP contribution in [0.1, 0.15) is 44.6 Å². The van der Waals surface area contributed by atoms with Gasteiger partial charge in [0.15, 0.2) is 0 Å². The van der Waals surface area contributed by atoms with Crippen molar-refractivity contribution in [3.05, 3.63) is 29.8 Å². The molecule has 0 spiro atoms. The first-order chi connectivity index (χ1) is 9.74. The molecular formula is C17H25NO2. The van der Waals surface area contributed by atoms with Gasteiger partial charge in [-0.05, 0) is 30.5 Å². The third kappa shape index (κ3) is 3.83. The minimum absolute atomic E-state index is 0.0937. The minimum Gasteiger partial charge on any atom is -0.396 e. The van der Waals surface area contributed by atoms with Crippen LogP contribution in [0.25, 0.3) is 0 Å². The molecule has 2 rings (SSSR count). The number of hydrogen-bond acceptors (Lipinski definition) is 2. The zero-order valence-electron chi connectivity index (χ0n) is 12.3. The number of aryl methyl sites for hydroxylation is 1. The van der Waals surface area contributed by atoms with E-state index in [2.05, 4.69) is 19.1 Å². The largest absolute Gasteiger partial charge is 0.396 e. The van der Waals surface area contributed by atoms with Crippen LogP contribution in [0.5, 0.6) is 0 Å². The number of hydrogen-bond donors (Lipinski definition) is 1. The number of anilines is 1. The zero-order chi connectivity index (χ0) is 14.4. The van der Waals surface area contributed by atoms with Gasteiger partial charge in [0.25, 0.3) is 0 Å². The molecule has 1 aromatic rings. The maximum absolute atomic E-state index is 11.9. The van der Waals surface area contributed by atoms with E-state index in [1.165, 1.54) is 31.2 Å². The van der Waals surface area contributed by atoms with Crippen molar-refractivity contribution in [2.45, 2.75) is 45.4 Å². The molecule has 20 heavy (non-hydrogen) atoms. The summed E-state index contributed by atoms with van der Waals surface area (Å²) in [6.45, 7) is 2.96. The summed E-state index contributed by atoms with van der Waals surface area (Å²) in [5.41, 5.74) is 2.30. The van der Waals surface area contributed by atoms with E-state index < -0.39 is 0 Å². The lowest BCUT2D eigenvalue weighted by atomic mass is 10.1. The Bertz CT molecular complexity index is 427. The molecule has 1 aromatic carbocycles. The quantitative estimate of drug-likeness (QED) is 0.777. The van der Waals surface area contributed by atoms with Crippen molar-refractivity contribution in [3.8, 4) is 0 Å². The number of unbranched alkanes of at least 4 members (excludes halogenated alkanes) is 3. The van der Waals surface area contributed by atoms with Crippen molar-refractivity contribution < 1.29 is 9.90 Å². The molecule has 3 heteroatoms. The lowest BCUT2D eigenvalue weighted by Crippen LogP contribution is -2.24. The lowest BCUT2D eigenvalue weighted by molar-refractivity contribution is -0.117. The molecule has 110 valence electrons. The van der Waals surface area contributed by atoms with Gasteiger partial charge in [0.05, 0.1) is 0 Å². The third-order valence-corrected chi connectivity index (χ3v) is 4.03. The monoisotopic (exact) mass is 275 g/mol. The minimum atomic E-state index is 0.0937. The van der Waals surface area contributed by atoms with Gasteiger partial charge in [-0.15, -0.1) is 0 Å². The topological polar surface area (TPSA) is 40.5 Å². The van der Waals surface area contributed by atoms with Crippen molar-refractivity contribution in [1.82, 2.24) is 0 Å². The van der Waals surface area contributed by atoms with Gasteiger partial charge in [-0.3, -0.25) is 4.79 Å². The Kier molecular flexibility index (Phi) is 5.60. The van der Waals surface area contributed by atoms with Gasteiger partial charge in [-0.2, -0.15) is 0 Å². The normalized spacial score (nSPS) is 18.8. The van der Waals surface area contributed by atoms with Crippen LogP contribution in [-0.4, -0.2) is 24.2 Å². The summed E-state index contributed by atoms with van der Waals surface area (Å²) in [5.74, 6) is 0.218. The molecule has 1 unspecified atom stereocenters. The smallest absolute Gasteiger partial charge is 0.227 e. The average molecular weight is 275 g/mol. The second-order valence-corrected chi connectivity index (χ2v) is 5.73. The summed E-state index contributed by atoms with van der Waals surface area (Å²) in [7, 11) is 0. The van der Waals surface area contributed by atoms with Crippen molar-refractivity contribution in [3.63, 3.8) is 0 Å². The molecule has 1 fully saturated rings. The zero-order valence-corrected chi connectivity index (χ0v) is 12.3. The van der Waals surface area contributed by atoms with Gasteiger partial charge in [0, 0.05) is 31.2 Å². The molecule has 1 amide bonds. The van der Waals surface area contributed by atoms with Gasteiger partial charge in [0.1, 0.15) is 0 Å². The molecule has 1 aliphatic rings. The second kappa shape index (κ2) is 7.44. The van der Waals surface area contributed by atoms with Gasteiger partial charge in [-0.1, -0.05) is 38.3 Å². The fourth-order valence-corrected chi connectivity index (χ4v) is 2.75. The number of nitrogens with zero attached hydrogens (tertiary/aromatic N) is 1. The van der Waals surface area contributed by atoms with Gasteiger partial charge in [-0.25, -0.2) is 0 Å². The molecule has 1 saturated heterocycles. The maximum atomic E-state index is 11.9. The first-order valence-electron chi connectivity index (χ1n) is 7.74. The highest BCUT2D eigenvalue weighted by Crippen LogP contribution is 2.25. The average Bonchev–Trinajstić information content (AvgIpc) is 2.85. The van der Waals surface area contributed by atoms with Crippen molar-refractivity contribution in [1.29, 1.82) is 0 Å². The van der Waals surface area contributed by atoms with E-state index in [4.69, 9.17) is 5.11 Å². The van der Waals surface area contributed by atoms with E-state index in [1.54, 1.807) is 4.90 Å². The van der Waals surface area contributed by atoms with Crippen molar-refractivity contribution in [2.75, 3.05) is 18.1 Å². The van der Waals surface area contributed by atoms with Crippen LogP contribution >= 0.6 is 0 Å². The Hall–Kier alpha value is -1.35. The summed E-state index contributed by atoms with van der Waals surface area (Å²) in [6, 6.07) is 8.32. The molecule has 0 aromatic heterocycles. The molecule has 1 N–H and O–H groups in total. The fourth-order valence-electron chi connectivity index (χ4n) is 2.75. The van der Waals surface area contributed by atoms with Gasteiger partial charge in [0.2, 0.25) is 5.91 Å². The van der Waals surface area contributed by atoms with E-state index in [9.17, 15) is 4.79 Å². The first kappa shape index (κ1) is 15.0. The van der Waals surface area contributed by atoms with Crippen LogP contribution in [-0.2, 0) is 11.2 Å². The Balaban J connectivity index is 1.89. The van der Waals surface area contributed by atoms with Crippen LogP contribution in [0.4, 0.5) is 5.69 Å². The van der Waals surface area contributed by atoms with Gasteiger partial charge >= 0.3 is 0 Å².